The Morgan fingerprint density at radius 3 is 0.984 bits per heavy atom. The second kappa shape index (κ2) is 51.3. The fourth-order valence-corrected chi connectivity index (χ4v) is 7.88. The summed E-state index contributed by atoms with van der Waals surface area (Å²) >= 11 is 0. The molecule has 0 aromatic heterocycles. The van der Waals surface area contributed by atoms with E-state index in [9.17, 15) is 14.4 Å². The molecule has 0 amide bonds. The summed E-state index contributed by atoms with van der Waals surface area (Å²) in [7, 11) is 0. The van der Waals surface area contributed by atoms with Gasteiger partial charge < -0.3 is 14.2 Å². The highest BCUT2D eigenvalue weighted by Gasteiger charge is 2.19. The van der Waals surface area contributed by atoms with Crippen LogP contribution in [0.15, 0.2) is 36.5 Å². The Morgan fingerprint density at radius 2 is 0.629 bits per heavy atom. The molecule has 0 rings (SSSR count). The smallest absolute Gasteiger partial charge is 0.306 e. The first-order valence-corrected chi connectivity index (χ1v) is 27.0. The third-order valence-electron chi connectivity index (χ3n) is 11.9. The zero-order valence-electron chi connectivity index (χ0n) is 41.4. The molecule has 1 unspecified atom stereocenters. The van der Waals surface area contributed by atoms with E-state index in [4.69, 9.17) is 14.2 Å². The quantitative estimate of drug-likeness (QED) is 0.0262. The van der Waals surface area contributed by atoms with Crippen molar-refractivity contribution in [2.75, 3.05) is 13.2 Å². The van der Waals surface area contributed by atoms with Crippen LogP contribution in [0.4, 0.5) is 0 Å². The van der Waals surface area contributed by atoms with Gasteiger partial charge in [0.15, 0.2) is 6.10 Å². The minimum atomic E-state index is -0.786. The van der Waals surface area contributed by atoms with Gasteiger partial charge in [-0.15, -0.1) is 0 Å². The molecule has 362 valence electrons. The van der Waals surface area contributed by atoms with Crippen molar-refractivity contribution in [3.63, 3.8) is 0 Å². The molecule has 0 spiro atoms. The molecular weight excluding hydrogens is 769 g/mol. The minimum absolute atomic E-state index is 0.0831. The molecule has 1 atom stereocenters. The van der Waals surface area contributed by atoms with Crippen molar-refractivity contribution in [1.29, 1.82) is 0 Å². The number of rotatable bonds is 49. The maximum atomic E-state index is 12.8. The van der Waals surface area contributed by atoms with E-state index in [1.807, 2.05) is 0 Å². The average Bonchev–Trinajstić information content (AvgIpc) is 3.27. The van der Waals surface area contributed by atoms with Crippen molar-refractivity contribution in [2.24, 2.45) is 0 Å². The van der Waals surface area contributed by atoms with Crippen molar-refractivity contribution in [2.45, 2.75) is 290 Å². The van der Waals surface area contributed by atoms with Gasteiger partial charge in [-0.25, -0.2) is 0 Å². The molecule has 0 saturated carbocycles. The fraction of sp³-hybridized carbons (Fsp3) is 0.839. The van der Waals surface area contributed by atoms with Gasteiger partial charge in [0.2, 0.25) is 0 Å². The summed E-state index contributed by atoms with van der Waals surface area (Å²) in [6, 6.07) is 0. The van der Waals surface area contributed by atoms with E-state index in [1.165, 1.54) is 173 Å². The number of carbonyl (C=O) groups excluding carboxylic acids is 3. The molecule has 0 aromatic rings. The van der Waals surface area contributed by atoms with E-state index in [0.29, 0.717) is 25.7 Å². The number of hydrogen-bond donors (Lipinski definition) is 0. The summed E-state index contributed by atoms with van der Waals surface area (Å²) in [5.41, 5.74) is 0. The van der Waals surface area contributed by atoms with Crippen molar-refractivity contribution in [3.05, 3.63) is 36.5 Å². The summed E-state index contributed by atoms with van der Waals surface area (Å²) in [5, 5.41) is 0. The van der Waals surface area contributed by atoms with E-state index in [1.54, 1.807) is 0 Å². The molecule has 0 heterocycles. The second-order valence-electron chi connectivity index (χ2n) is 18.1. The molecular formula is C56H102O6. The maximum Gasteiger partial charge on any atom is 0.306 e. The topological polar surface area (TPSA) is 78.9 Å². The largest absolute Gasteiger partial charge is 0.462 e. The number of unbranched alkanes of at least 4 members (excludes halogenated alkanes) is 32. The van der Waals surface area contributed by atoms with Crippen molar-refractivity contribution in [3.8, 4) is 0 Å². The first kappa shape index (κ1) is 59.6. The van der Waals surface area contributed by atoms with Gasteiger partial charge >= 0.3 is 17.9 Å². The van der Waals surface area contributed by atoms with Crippen LogP contribution in [0.2, 0.25) is 0 Å². The molecule has 0 aliphatic heterocycles. The number of ether oxygens (including phenoxy) is 3. The molecule has 6 nitrogen and oxygen atoms in total. The Labute approximate surface area is 385 Å². The Morgan fingerprint density at radius 1 is 0.339 bits per heavy atom. The first-order chi connectivity index (χ1) is 30.5. The Balaban J connectivity index is 4.30. The SMILES string of the molecule is CC/C=C\C/C=C\C/C=C\CCCC(=O)OCC(COC(=O)CCCCCCCCCCCCCCCCCCCCC)OC(=O)CCCCCCCCCCCCCCCC. The van der Waals surface area contributed by atoms with Crippen molar-refractivity contribution < 1.29 is 28.6 Å². The predicted octanol–water partition coefficient (Wildman–Crippen LogP) is 17.7. The normalized spacial score (nSPS) is 12.2. The summed E-state index contributed by atoms with van der Waals surface area (Å²) in [6.07, 6.45) is 60.0. The van der Waals surface area contributed by atoms with Gasteiger partial charge in [0.1, 0.15) is 13.2 Å². The Bertz CT molecular complexity index is 1050. The summed E-state index contributed by atoms with van der Waals surface area (Å²) in [4.78, 5) is 37.9. The highest BCUT2D eigenvalue weighted by atomic mass is 16.6. The van der Waals surface area contributed by atoms with Gasteiger partial charge in [-0.1, -0.05) is 256 Å². The Hall–Kier alpha value is -2.37. The Kier molecular flexibility index (Phi) is 49.3. The maximum absolute atomic E-state index is 12.8. The summed E-state index contributed by atoms with van der Waals surface area (Å²) in [5.74, 6) is -0.926. The van der Waals surface area contributed by atoms with E-state index in [-0.39, 0.29) is 31.1 Å². The van der Waals surface area contributed by atoms with Crippen LogP contribution in [0.25, 0.3) is 0 Å². The lowest BCUT2D eigenvalue weighted by Crippen LogP contribution is -2.30. The molecule has 0 radical (unpaired) electrons. The predicted molar refractivity (Wildman–Crippen MR) is 266 cm³/mol. The molecule has 0 aliphatic rings. The van der Waals surface area contributed by atoms with Crippen LogP contribution < -0.4 is 0 Å². The third-order valence-corrected chi connectivity index (χ3v) is 11.9. The van der Waals surface area contributed by atoms with Crippen LogP contribution >= 0.6 is 0 Å². The van der Waals surface area contributed by atoms with Gasteiger partial charge in [-0.3, -0.25) is 14.4 Å². The van der Waals surface area contributed by atoms with E-state index >= 15 is 0 Å². The van der Waals surface area contributed by atoms with E-state index < -0.39 is 6.10 Å². The van der Waals surface area contributed by atoms with Gasteiger partial charge in [-0.2, -0.15) is 0 Å². The number of carbonyl (C=O) groups is 3. The van der Waals surface area contributed by atoms with Crippen LogP contribution in [0.3, 0.4) is 0 Å². The van der Waals surface area contributed by atoms with Crippen LogP contribution in [-0.2, 0) is 28.6 Å². The summed E-state index contributed by atoms with van der Waals surface area (Å²) in [6.45, 7) is 6.51. The van der Waals surface area contributed by atoms with E-state index in [0.717, 1.165) is 64.2 Å². The molecule has 0 fully saturated rings. The standard InChI is InChI=1S/C56H102O6/c1-4-7-10-13-16-19-22-24-26-27-28-29-30-32-34-37-40-43-46-49-55(58)61-52-53(51-60-54(57)48-45-42-39-36-33-21-18-15-12-9-6-3)62-56(59)50-47-44-41-38-35-31-25-23-20-17-14-11-8-5-2/h9,12,18,21,36,39,53H,4-8,10-11,13-17,19-20,22-35,37-38,40-52H2,1-3H3/b12-9-,21-18-,39-36-. The van der Waals surface area contributed by atoms with Crippen LogP contribution in [0.1, 0.15) is 284 Å². The molecule has 0 aromatic carbocycles. The van der Waals surface area contributed by atoms with Gasteiger partial charge in [0, 0.05) is 19.3 Å². The lowest BCUT2D eigenvalue weighted by atomic mass is 10.0. The molecule has 0 bridgehead atoms. The van der Waals surface area contributed by atoms with Crippen LogP contribution in [0.5, 0.6) is 0 Å². The number of esters is 3. The first-order valence-electron chi connectivity index (χ1n) is 27.0. The number of allylic oxidation sites excluding steroid dienone is 6. The van der Waals surface area contributed by atoms with Crippen molar-refractivity contribution in [1.82, 2.24) is 0 Å². The molecule has 62 heavy (non-hydrogen) atoms. The zero-order valence-corrected chi connectivity index (χ0v) is 41.4. The highest BCUT2D eigenvalue weighted by Crippen LogP contribution is 2.17. The average molecular weight is 871 g/mol. The molecule has 0 aliphatic carbocycles. The third kappa shape index (κ3) is 48.7. The number of hydrogen-bond acceptors (Lipinski definition) is 6. The lowest BCUT2D eigenvalue weighted by Gasteiger charge is -2.18. The van der Waals surface area contributed by atoms with Gasteiger partial charge in [0.05, 0.1) is 0 Å². The van der Waals surface area contributed by atoms with Gasteiger partial charge in [0.25, 0.3) is 0 Å². The second-order valence-corrected chi connectivity index (χ2v) is 18.1. The zero-order chi connectivity index (χ0) is 45.1. The highest BCUT2D eigenvalue weighted by molar-refractivity contribution is 5.71. The molecule has 0 saturated heterocycles. The van der Waals surface area contributed by atoms with E-state index in [2.05, 4.69) is 57.2 Å². The molecule has 0 N–H and O–H groups in total. The van der Waals surface area contributed by atoms with Crippen LogP contribution in [-0.4, -0.2) is 37.2 Å². The lowest BCUT2D eigenvalue weighted by molar-refractivity contribution is -0.167. The summed E-state index contributed by atoms with van der Waals surface area (Å²) < 4.78 is 16.8. The fourth-order valence-electron chi connectivity index (χ4n) is 7.88. The van der Waals surface area contributed by atoms with Crippen molar-refractivity contribution >= 4 is 17.9 Å². The van der Waals surface area contributed by atoms with Gasteiger partial charge in [-0.05, 0) is 44.9 Å². The minimum Gasteiger partial charge on any atom is -0.462 e. The molecule has 6 heteroatoms. The monoisotopic (exact) mass is 871 g/mol. The van der Waals surface area contributed by atoms with Crippen LogP contribution in [0, 0.1) is 0 Å².